The van der Waals surface area contributed by atoms with Crippen LogP contribution in [0, 0.1) is 11.3 Å². The Morgan fingerprint density at radius 3 is 3.00 bits per heavy atom. The van der Waals surface area contributed by atoms with Crippen molar-refractivity contribution in [3.63, 3.8) is 0 Å². The lowest BCUT2D eigenvalue weighted by atomic mass is 10.3. The second-order valence-corrected chi connectivity index (χ2v) is 3.68. The first-order valence-electron chi connectivity index (χ1n) is 5.58. The van der Waals surface area contributed by atoms with Crippen molar-refractivity contribution in [2.24, 2.45) is 0 Å². The van der Waals surface area contributed by atoms with Crippen molar-refractivity contribution in [2.45, 2.75) is 13.5 Å². The maximum atomic E-state index is 8.92. The Morgan fingerprint density at radius 1 is 1.35 bits per heavy atom. The average molecular weight is 226 g/mol. The summed E-state index contributed by atoms with van der Waals surface area (Å²) >= 11 is 0. The lowest BCUT2D eigenvalue weighted by Gasteiger charge is -2.07. The molecule has 0 fully saturated rings. The third kappa shape index (κ3) is 2.64. The number of rotatable bonds is 4. The second-order valence-electron chi connectivity index (χ2n) is 3.68. The van der Waals surface area contributed by atoms with Crippen molar-refractivity contribution in [3.05, 3.63) is 47.9 Å². The van der Waals surface area contributed by atoms with Crippen molar-refractivity contribution in [1.82, 2.24) is 9.55 Å². The molecular weight excluding hydrogens is 212 g/mol. The van der Waals surface area contributed by atoms with Crippen molar-refractivity contribution < 1.29 is 0 Å². The van der Waals surface area contributed by atoms with E-state index < -0.39 is 0 Å². The zero-order valence-electron chi connectivity index (χ0n) is 9.72. The van der Waals surface area contributed by atoms with Gasteiger partial charge in [0.05, 0.1) is 12.2 Å². The molecule has 0 saturated heterocycles. The van der Waals surface area contributed by atoms with Gasteiger partial charge in [0, 0.05) is 12.7 Å². The first kappa shape index (κ1) is 11.2. The lowest BCUT2D eigenvalue weighted by molar-refractivity contribution is 0.770. The van der Waals surface area contributed by atoms with Crippen LogP contribution in [0.1, 0.15) is 18.3 Å². The zero-order valence-corrected chi connectivity index (χ0v) is 9.72. The highest BCUT2D eigenvalue weighted by atomic mass is 15.0. The molecule has 4 heteroatoms. The number of nitriles is 1. The smallest absolute Gasteiger partial charge is 0.126 e. The Hall–Kier alpha value is -2.28. The van der Waals surface area contributed by atoms with Crippen LogP contribution in [0.25, 0.3) is 0 Å². The van der Waals surface area contributed by atoms with E-state index in [1.165, 1.54) is 0 Å². The van der Waals surface area contributed by atoms with E-state index >= 15 is 0 Å². The van der Waals surface area contributed by atoms with Gasteiger partial charge in [0.15, 0.2) is 0 Å². The van der Waals surface area contributed by atoms with Crippen LogP contribution in [0.2, 0.25) is 0 Å². The van der Waals surface area contributed by atoms with E-state index in [1.54, 1.807) is 6.07 Å². The van der Waals surface area contributed by atoms with E-state index in [-0.39, 0.29) is 0 Å². The molecule has 0 aliphatic carbocycles. The van der Waals surface area contributed by atoms with Gasteiger partial charge < -0.3 is 9.88 Å². The molecule has 0 spiro atoms. The van der Waals surface area contributed by atoms with Crippen LogP contribution in [-0.4, -0.2) is 16.1 Å². The topological polar surface area (TPSA) is 53.6 Å². The summed E-state index contributed by atoms with van der Waals surface area (Å²) in [5.41, 5.74) is 1.59. The molecule has 0 amide bonds. The highest BCUT2D eigenvalue weighted by Crippen LogP contribution is 2.08. The Bertz CT molecular complexity index is 536. The summed E-state index contributed by atoms with van der Waals surface area (Å²) in [5.74, 6) is 0.871. The van der Waals surface area contributed by atoms with Gasteiger partial charge in [-0.3, -0.25) is 0 Å². The fourth-order valence-corrected chi connectivity index (χ4v) is 1.68. The predicted octanol–water partition coefficient (Wildman–Crippen LogP) is 2.23. The fraction of sp³-hybridized carbons (Fsp3) is 0.231. The molecule has 0 radical (unpaired) electrons. The zero-order chi connectivity index (χ0) is 12.1. The van der Waals surface area contributed by atoms with E-state index in [0.717, 1.165) is 18.1 Å². The number of nitrogens with one attached hydrogen (secondary N) is 1. The van der Waals surface area contributed by atoms with Gasteiger partial charge in [-0.25, -0.2) is 4.98 Å². The minimum absolute atomic E-state index is 0.620. The van der Waals surface area contributed by atoms with Crippen molar-refractivity contribution in [1.29, 1.82) is 5.26 Å². The molecule has 0 bridgehead atoms. The van der Waals surface area contributed by atoms with Crippen molar-refractivity contribution in [2.75, 3.05) is 11.9 Å². The Labute approximate surface area is 101 Å². The summed E-state index contributed by atoms with van der Waals surface area (Å²) in [7, 11) is 0. The molecule has 17 heavy (non-hydrogen) atoms. The summed E-state index contributed by atoms with van der Waals surface area (Å²) in [4.78, 5) is 4.47. The molecule has 0 saturated carbocycles. The summed E-state index contributed by atoms with van der Waals surface area (Å²) in [5, 5.41) is 12.1. The lowest BCUT2D eigenvalue weighted by Crippen LogP contribution is -2.05. The van der Waals surface area contributed by atoms with Crippen LogP contribution >= 0.6 is 0 Å². The summed E-state index contributed by atoms with van der Waals surface area (Å²) < 4.78 is 1.89. The largest absolute Gasteiger partial charge is 0.370 e. The molecule has 1 N–H and O–H groups in total. The van der Waals surface area contributed by atoms with Crippen LogP contribution < -0.4 is 5.32 Å². The van der Waals surface area contributed by atoms with Gasteiger partial charge in [0.25, 0.3) is 0 Å². The molecule has 0 atom stereocenters. The maximum Gasteiger partial charge on any atom is 0.126 e. The van der Waals surface area contributed by atoms with E-state index in [1.807, 2.05) is 42.0 Å². The number of hydrogen-bond acceptors (Lipinski definition) is 3. The maximum absolute atomic E-state index is 8.92. The van der Waals surface area contributed by atoms with Crippen molar-refractivity contribution in [3.8, 4) is 6.07 Å². The molecule has 0 aromatic carbocycles. The van der Waals surface area contributed by atoms with E-state index in [2.05, 4.69) is 16.4 Å². The standard InChI is InChI=1S/C13H14N4/c1-2-15-13-7-3-5-11(16-13)10-17-8-4-6-12(17)9-14/h3-8H,2,10H2,1H3,(H,15,16). The molecule has 86 valence electrons. The van der Waals surface area contributed by atoms with Gasteiger partial charge in [0.2, 0.25) is 0 Å². The molecule has 0 aliphatic rings. The average Bonchev–Trinajstić information content (AvgIpc) is 2.77. The van der Waals surface area contributed by atoms with Crippen LogP contribution in [0.4, 0.5) is 5.82 Å². The Morgan fingerprint density at radius 2 is 2.24 bits per heavy atom. The van der Waals surface area contributed by atoms with Crippen LogP contribution in [0.15, 0.2) is 36.5 Å². The van der Waals surface area contributed by atoms with Gasteiger partial charge in [-0.05, 0) is 31.2 Å². The van der Waals surface area contributed by atoms with Crippen LogP contribution in [-0.2, 0) is 6.54 Å². The molecule has 0 unspecified atom stereocenters. The Balaban J connectivity index is 2.19. The van der Waals surface area contributed by atoms with Crippen LogP contribution in [0.5, 0.6) is 0 Å². The number of hydrogen-bond donors (Lipinski definition) is 1. The van der Waals surface area contributed by atoms with Gasteiger partial charge in [-0.1, -0.05) is 6.07 Å². The van der Waals surface area contributed by atoms with Gasteiger partial charge in [0.1, 0.15) is 17.6 Å². The first-order valence-corrected chi connectivity index (χ1v) is 5.58. The summed E-state index contributed by atoms with van der Waals surface area (Å²) in [6, 6.07) is 11.7. The molecule has 2 aromatic heterocycles. The molecule has 4 nitrogen and oxygen atoms in total. The molecule has 2 heterocycles. The summed E-state index contributed by atoms with van der Waals surface area (Å²) in [6.07, 6.45) is 1.89. The number of pyridine rings is 1. The van der Waals surface area contributed by atoms with Gasteiger partial charge in [-0.15, -0.1) is 0 Å². The molecule has 0 aliphatic heterocycles. The first-order chi connectivity index (χ1) is 8.33. The van der Waals surface area contributed by atoms with E-state index in [4.69, 9.17) is 5.26 Å². The monoisotopic (exact) mass is 226 g/mol. The highest BCUT2D eigenvalue weighted by molar-refractivity contribution is 5.35. The normalized spacial score (nSPS) is 9.88. The fourth-order valence-electron chi connectivity index (χ4n) is 1.68. The predicted molar refractivity (Wildman–Crippen MR) is 66.6 cm³/mol. The van der Waals surface area contributed by atoms with Gasteiger partial charge in [-0.2, -0.15) is 5.26 Å². The highest BCUT2D eigenvalue weighted by Gasteiger charge is 2.02. The summed E-state index contributed by atoms with van der Waals surface area (Å²) in [6.45, 7) is 3.51. The van der Waals surface area contributed by atoms with Gasteiger partial charge >= 0.3 is 0 Å². The quantitative estimate of drug-likeness (QED) is 0.869. The number of anilines is 1. The third-order valence-corrected chi connectivity index (χ3v) is 2.44. The molecular formula is C13H14N4. The van der Waals surface area contributed by atoms with E-state index in [0.29, 0.717) is 12.2 Å². The molecule has 2 aromatic rings. The van der Waals surface area contributed by atoms with E-state index in [9.17, 15) is 0 Å². The van der Waals surface area contributed by atoms with Crippen LogP contribution in [0.3, 0.4) is 0 Å². The molecule has 2 rings (SSSR count). The number of aromatic nitrogens is 2. The minimum atomic E-state index is 0.620. The number of nitrogens with zero attached hydrogens (tertiary/aromatic N) is 3. The van der Waals surface area contributed by atoms with Crippen molar-refractivity contribution >= 4 is 5.82 Å². The SMILES string of the molecule is CCNc1cccc(Cn2cccc2C#N)n1. The minimum Gasteiger partial charge on any atom is -0.370 e. The Kier molecular flexibility index (Phi) is 3.41. The third-order valence-electron chi connectivity index (χ3n) is 2.44. The second kappa shape index (κ2) is 5.17.